The summed E-state index contributed by atoms with van der Waals surface area (Å²) in [5.74, 6) is 0.455. The molecule has 6 heteroatoms. The van der Waals surface area contributed by atoms with Gasteiger partial charge in [-0.3, -0.25) is 0 Å². The number of aromatic nitrogens is 1. The maximum Gasteiger partial charge on any atom is 0.410 e. The second-order valence-corrected chi connectivity index (χ2v) is 7.44. The highest BCUT2D eigenvalue weighted by molar-refractivity contribution is 6.29. The van der Waals surface area contributed by atoms with Crippen molar-refractivity contribution in [1.29, 1.82) is 0 Å². The molecule has 1 saturated heterocycles. The third kappa shape index (κ3) is 6.36. The van der Waals surface area contributed by atoms with Crippen LogP contribution in [0.5, 0.6) is 0 Å². The van der Waals surface area contributed by atoms with Gasteiger partial charge in [0.25, 0.3) is 0 Å². The molecule has 1 amide bonds. The molecule has 1 aliphatic heterocycles. The van der Waals surface area contributed by atoms with Gasteiger partial charge in [-0.05, 0) is 57.7 Å². The highest BCUT2D eigenvalue weighted by Crippen LogP contribution is 2.19. The first-order valence-corrected chi connectivity index (χ1v) is 8.50. The van der Waals surface area contributed by atoms with Gasteiger partial charge in [-0.25, -0.2) is 9.78 Å². The van der Waals surface area contributed by atoms with Crippen LogP contribution >= 0.6 is 11.6 Å². The third-order valence-corrected chi connectivity index (χ3v) is 3.95. The lowest BCUT2D eigenvalue weighted by molar-refractivity contribution is 0.0166. The van der Waals surface area contributed by atoms with Crippen molar-refractivity contribution in [3.63, 3.8) is 0 Å². The van der Waals surface area contributed by atoms with Gasteiger partial charge in [0.1, 0.15) is 10.8 Å². The lowest BCUT2D eigenvalue weighted by Gasteiger charge is -2.34. The third-order valence-electron chi connectivity index (χ3n) is 3.72. The topological polar surface area (TPSA) is 54.5 Å². The zero-order valence-corrected chi connectivity index (χ0v) is 14.9. The van der Waals surface area contributed by atoms with E-state index in [2.05, 4.69) is 10.3 Å². The monoisotopic (exact) mass is 339 g/mol. The van der Waals surface area contributed by atoms with E-state index in [1.165, 1.54) is 0 Å². The smallest absolute Gasteiger partial charge is 0.410 e. The van der Waals surface area contributed by atoms with Gasteiger partial charge in [-0.1, -0.05) is 17.7 Å². The number of carbonyl (C=O) groups excluding carboxylic acids is 1. The molecular formula is C17H26ClN3O2. The fraction of sp³-hybridized carbons (Fsp3) is 0.647. The summed E-state index contributed by atoms with van der Waals surface area (Å²) in [4.78, 5) is 18.0. The average molecular weight is 340 g/mol. The van der Waals surface area contributed by atoms with Crippen molar-refractivity contribution in [2.75, 3.05) is 19.6 Å². The number of piperidine rings is 1. The van der Waals surface area contributed by atoms with Crippen molar-refractivity contribution in [3.05, 3.63) is 29.0 Å². The number of carbonyl (C=O) groups is 1. The fourth-order valence-electron chi connectivity index (χ4n) is 2.66. The number of rotatable bonds is 4. The Morgan fingerprint density at radius 2 is 2.26 bits per heavy atom. The Balaban J connectivity index is 1.75. The predicted molar refractivity (Wildman–Crippen MR) is 91.5 cm³/mol. The molecule has 128 valence electrons. The van der Waals surface area contributed by atoms with Gasteiger partial charge in [-0.2, -0.15) is 0 Å². The standard InChI is InChI=1S/C17H26ClN3O2/c1-17(2,3)23-16(22)21-8-4-5-14(12-21)10-19-9-13-6-7-15(18)20-11-13/h6-7,11,14,19H,4-5,8-10,12H2,1-3H3/t14-/m1/s1. The first kappa shape index (κ1) is 18.0. The molecule has 0 unspecified atom stereocenters. The Labute approximate surface area is 143 Å². The largest absolute Gasteiger partial charge is 0.444 e. The molecule has 1 N–H and O–H groups in total. The summed E-state index contributed by atoms with van der Waals surface area (Å²) in [5.41, 5.74) is 0.665. The van der Waals surface area contributed by atoms with Crippen LogP contribution in [0.4, 0.5) is 4.79 Å². The molecular weight excluding hydrogens is 314 g/mol. The van der Waals surface area contributed by atoms with E-state index in [0.717, 1.165) is 44.6 Å². The molecule has 1 aromatic heterocycles. The molecule has 1 atom stereocenters. The maximum atomic E-state index is 12.1. The minimum absolute atomic E-state index is 0.205. The van der Waals surface area contributed by atoms with E-state index in [1.54, 1.807) is 12.3 Å². The van der Waals surface area contributed by atoms with Crippen LogP contribution in [0.1, 0.15) is 39.2 Å². The molecule has 5 nitrogen and oxygen atoms in total. The lowest BCUT2D eigenvalue weighted by Crippen LogP contribution is -2.45. The van der Waals surface area contributed by atoms with E-state index in [4.69, 9.17) is 16.3 Å². The number of nitrogens with one attached hydrogen (secondary N) is 1. The van der Waals surface area contributed by atoms with Crippen molar-refractivity contribution >= 4 is 17.7 Å². The number of nitrogens with zero attached hydrogens (tertiary/aromatic N) is 2. The zero-order chi connectivity index (χ0) is 16.9. The fourth-order valence-corrected chi connectivity index (χ4v) is 2.77. The molecule has 2 heterocycles. The van der Waals surface area contributed by atoms with E-state index in [9.17, 15) is 4.79 Å². The second kappa shape index (κ2) is 7.97. The van der Waals surface area contributed by atoms with Crippen LogP contribution in [0, 0.1) is 5.92 Å². The van der Waals surface area contributed by atoms with E-state index in [1.807, 2.05) is 31.7 Å². The van der Waals surface area contributed by atoms with E-state index >= 15 is 0 Å². The van der Waals surface area contributed by atoms with Crippen LogP contribution in [0.15, 0.2) is 18.3 Å². The second-order valence-electron chi connectivity index (χ2n) is 7.05. The summed E-state index contributed by atoms with van der Waals surface area (Å²) in [7, 11) is 0. The van der Waals surface area contributed by atoms with Gasteiger partial charge < -0.3 is 15.0 Å². The van der Waals surface area contributed by atoms with Crippen molar-refractivity contribution in [2.24, 2.45) is 5.92 Å². The predicted octanol–water partition coefficient (Wildman–Crippen LogP) is 3.47. The minimum atomic E-state index is -0.441. The Morgan fingerprint density at radius 1 is 1.48 bits per heavy atom. The molecule has 0 saturated carbocycles. The van der Waals surface area contributed by atoms with Crippen LogP contribution < -0.4 is 5.32 Å². The van der Waals surface area contributed by atoms with Gasteiger partial charge in [0.15, 0.2) is 0 Å². The number of hydrogen-bond donors (Lipinski definition) is 1. The maximum absolute atomic E-state index is 12.1. The summed E-state index contributed by atoms with van der Waals surface area (Å²) in [6, 6.07) is 3.76. The normalized spacial score (nSPS) is 18.8. The van der Waals surface area contributed by atoms with E-state index in [-0.39, 0.29) is 6.09 Å². The Morgan fingerprint density at radius 3 is 2.91 bits per heavy atom. The first-order chi connectivity index (χ1) is 10.8. The van der Waals surface area contributed by atoms with Crippen molar-refractivity contribution in [3.8, 4) is 0 Å². The number of hydrogen-bond acceptors (Lipinski definition) is 4. The minimum Gasteiger partial charge on any atom is -0.444 e. The molecule has 23 heavy (non-hydrogen) atoms. The summed E-state index contributed by atoms with van der Waals surface area (Å²) < 4.78 is 5.46. The quantitative estimate of drug-likeness (QED) is 0.853. The van der Waals surface area contributed by atoms with Gasteiger partial charge in [-0.15, -0.1) is 0 Å². The van der Waals surface area contributed by atoms with Crippen LogP contribution in [-0.2, 0) is 11.3 Å². The molecule has 1 aliphatic rings. The van der Waals surface area contributed by atoms with Crippen molar-refractivity contribution in [1.82, 2.24) is 15.2 Å². The Hall–Kier alpha value is -1.33. The highest BCUT2D eigenvalue weighted by atomic mass is 35.5. The van der Waals surface area contributed by atoms with Crippen LogP contribution in [0.25, 0.3) is 0 Å². The van der Waals surface area contributed by atoms with E-state index in [0.29, 0.717) is 11.1 Å². The number of halogens is 1. The van der Waals surface area contributed by atoms with Crippen LogP contribution in [0.3, 0.4) is 0 Å². The van der Waals surface area contributed by atoms with E-state index < -0.39 is 5.60 Å². The molecule has 0 spiro atoms. The number of pyridine rings is 1. The van der Waals surface area contributed by atoms with Gasteiger partial charge in [0.2, 0.25) is 0 Å². The van der Waals surface area contributed by atoms with Crippen LogP contribution in [0.2, 0.25) is 5.15 Å². The average Bonchev–Trinajstić information content (AvgIpc) is 2.48. The molecule has 0 aromatic carbocycles. The Kier molecular flexibility index (Phi) is 6.25. The highest BCUT2D eigenvalue weighted by Gasteiger charge is 2.27. The van der Waals surface area contributed by atoms with Gasteiger partial charge in [0, 0.05) is 25.8 Å². The SMILES string of the molecule is CC(C)(C)OC(=O)N1CCC[C@H](CNCc2ccc(Cl)nc2)C1. The van der Waals surface area contributed by atoms with Crippen molar-refractivity contribution in [2.45, 2.75) is 45.8 Å². The zero-order valence-electron chi connectivity index (χ0n) is 14.1. The number of ether oxygens (including phenoxy) is 1. The molecule has 1 fully saturated rings. The van der Waals surface area contributed by atoms with Crippen molar-refractivity contribution < 1.29 is 9.53 Å². The van der Waals surface area contributed by atoms with Gasteiger partial charge in [0.05, 0.1) is 0 Å². The molecule has 1 aromatic rings. The molecule has 2 rings (SSSR count). The van der Waals surface area contributed by atoms with Crippen LogP contribution in [-0.4, -0.2) is 41.2 Å². The summed E-state index contributed by atoms with van der Waals surface area (Å²) in [6.07, 6.45) is 3.73. The number of amides is 1. The first-order valence-electron chi connectivity index (χ1n) is 8.12. The molecule has 0 aliphatic carbocycles. The summed E-state index contributed by atoms with van der Waals surface area (Å²) in [5, 5.41) is 3.95. The Bertz CT molecular complexity index is 514. The molecule has 0 bridgehead atoms. The van der Waals surface area contributed by atoms with Gasteiger partial charge >= 0.3 is 6.09 Å². The summed E-state index contributed by atoms with van der Waals surface area (Å²) in [6.45, 7) is 8.86. The lowest BCUT2D eigenvalue weighted by atomic mass is 9.98. The molecule has 0 radical (unpaired) electrons. The number of likely N-dealkylation sites (tertiary alicyclic amines) is 1. The summed E-state index contributed by atoms with van der Waals surface area (Å²) >= 11 is 5.78.